The Bertz CT molecular complexity index is 2200. The number of nitrogens with one attached hydrogen (secondary N) is 3. The quantitative estimate of drug-likeness (QED) is 0.260. The van der Waals surface area contributed by atoms with Gasteiger partial charge in [0.15, 0.2) is 6.61 Å². The molecule has 14 nitrogen and oxygen atoms in total. The Hall–Kier alpha value is -4.82. The fourth-order valence-corrected chi connectivity index (χ4v) is 9.51. The van der Waals surface area contributed by atoms with Crippen molar-refractivity contribution in [2.75, 3.05) is 13.2 Å². The Kier molecular flexibility index (Phi) is 10.8. The maximum absolute atomic E-state index is 14.5. The zero-order valence-electron chi connectivity index (χ0n) is 32.1. The van der Waals surface area contributed by atoms with Crippen molar-refractivity contribution in [1.29, 1.82) is 0 Å². The molecule has 0 bridgehead atoms. The monoisotopic (exact) mass is 859 g/mol. The number of amides is 4. The summed E-state index contributed by atoms with van der Waals surface area (Å²) in [6.07, 6.45) is -4.98. The molecule has 1 spiro atoms. The van der Waals surface area contributed by atoms with Crippen molar-refractivity contribution in [3.63, 3.8) is 0 Å². The number of halogens is 6. The van der Waals surface area contributed by atoms with Crippen molar-refractivity contribution in [2.24, 2.45) is 5.92 Å². The molecular formula is C38H43F6N5O9S. The van der Waals surface area contributed by atoms with Gasteiger partial charge in [-0.25, -0.2) is 18.2 Å². The van der Waals surface area contributed by atoms with E-state index in [-0.39, 0.29) is 44.4 Å². The molecule has 2 aliphatic carbocycles. The second-order valence-electron chi connectivity index (χ2n) is 16.3. The van der Waals surface area contributed by atoms with E-state index in [9.17, 15) is 53.9 Å². The highest BCUT2D eigenvalue weighted by molar-refractivity contribution is 7.91. The Morgan fingerprint density at radius 2 is 1.81 bits per heavy atom. The Balaban J connectivity index is 1.23. The van der Waals surface area contributed by atoms with Gasteiger partial charge in [-0.2, -0.15) is 13.2 Å². The second kappa shape index (κ2) is 15.0. The van der Waals surface area contributed by atoms with Crippen LogP contribution in [-0.2, 0) is 35.6 Å². The lowest BCUT2D eigenvalue weighted by Crippen LogP contribution is -2.58. The van der Waals surface area contributed by atoms with Crippen molar-refractivity contribution in [1.82, 2.24) is 25.2 Å². The molecule has 3 N–H and O–H groups in total. The number of aryl methyl sites for hydroxylation is 2. The first-order valence-corrected chi connectivity index (χ1v) is 20.8. The number of hydrogen-bond donors (Lipinski definition) is 3. The molecule has 322 valence electrons. The molecule has 1 aromatic carbocycles. The zero-order valence-corrected chi connectivity index (χ0v) is 32.9. The van der Waals surface area contributed by atoms with E-state index in [2.05, 4.69) is 29.8 Å². The third kappa shape index (κ3) is 8.89. The predicted octanol–water partition coefficient (Wildman–Crippen LogP) is 5.16. The number of rotatable bonds is 6. The molecule has 4 heterocycles. The lowest BCUT2D eigenvalue weighted by molar-refractivity contribution is -0.274. The standard InChI is InChI=1S/C38H43F6N5O9S/c1-21-29-24(25-16-23(57-38(42,43)44)10-11-26(25)45-21)12-13-35(58-29)18-28-30(50)47-36(32(52)48-59(54,55)34(2)14-15-34)17-22(36)8-6-4-3-5-7-9-27(31(51)49(28)19-35)46-33(53)56-20-37(39,40)41/h6,8,10-11,16,22,27-28H,3-5,7,9,12-15,17-20H2,1-2H3,(H,46,53)(H,47,50)(H,48,52)/b8-6-/t22-,27+,28+,35-,36-/m1/s1. The van der Waals surface area contributed by atoms with E-state index in [0.717, 1.165) is 11.0 Å². The number of aromatic nitrogens is 1. The van der Waals surface area contributed by atoms with Crippen molar-refractivity contribution >= 4 is 44.7 Å². The van der Waals surface area contributed by atoms with Crippen LogP contribution in [0.5, 0.6) is 11.5 Å². The number of hydrogen-bond acceptors (Lipinski definition) is 10. The number of carbonyl (C=O) groups excluding carboxylic acids is 4. The number of alkyl halides is 6. The fraction of sp³-hybridized carbons (Fsp3) is 0.605. The highest BCUT2D eigenvalue weighted by atomic mass is 32.2. The number of nitrogens with zero attached hydrogens (tertiary/aromatic N) is 2. The van der Waals surface area contributed by atoms with Crippen LogP contribution in [0, 0.1) is 12.8 Å². The summed E-state index contributed by atoms with van der Waals surface area (Å²) in [5.74, 6) is -3.50. The summed E-state index contributed by atoms with van der Waals surface area (Å²) in [6.45, 7) is 0.920. The van der Waals surface area contributed by atoms with Gasteiger partial charge in [-0.1, -0.05) is 25.0 Å². The maximum Gasteiger partial charge on any atom is 0.573 e. The van der Waals surface area contributed by atoms with Gasteiger partial charge in [0.05, 0.1) is 22.5 Å². The summed E-state index contributed by atoms with van der Waals surface area (Å²) in [4.78, 5) is 61.2. The number of ether oxygens (including phenoxy) is 3. The topological polar surface area (TPSA) is 182 Å². The van der Waals surface area contributed by atoms with E-state index in [4.69, 9.17) is 4.74 Å². The van der Waals surface area contributed by atoms with Crippen molar-refractivity contribution in [3.05, 3.63) is 41.6 Å². The van der Waals surface area contributed by atoms with Crippen LogP contribution < -0.4 is 24.8 Å². The molecule has 4 amide bonds. The second-order valence-corrected chi connectivity index (χ2v) is 18.5. The SMILES string of the molecule is Cc1nc2ccc(OC(F)(F)F)cc2c2c1O[C@]1(CC2)C[C@H]2C(=O)N[C@]3(C(=O)NS(=O)(=O)C4(C)CC4)C[C@H]3/C=C\CCCCC[C@H](NC(=O)OCC(F)(F)F)C(=O)N2C1. The van der Waals surface area contributed by atoms with E-state index in [0.29, 0.717) is 60.7 Å². The van der Waals surface area contributed by atoms with E-state index in [1.54, 1.807) is 19.1 Å². The van der Waals surface area contributed by atoms with Crippen LogP contribution in [0.1, 0.15) is 82.4 Å². The minimum atomic E-state index is -4.96. The third-order valence-corrected chi connectivity index (χ3v) is 14.0. The van der Waals surface area contributed by atoms with Crippen LogP contribution in [-0.4, -0.2) is 95.8 Å². The van der Waals surface area contributed by atoms with E-state index < -0.39 is 92.6 Å². The molecule has 59 heavy (non-hydrogen) atoms. The number of sulfonamides is 1. The smallest absolute Gasteiger partial charge is 0.483 e. The van der Waals surface area contributed by atoms with Crippen molar-refractivity contribution in [3.8, 4) is 11.5 Å². The number of benzene rings is 1. The predicted molar refractivity (Wildman–Crippen MR) is 195 cm³/mol. The zero-order chi connectivity index (χ0) is 42.8. The van der Waals surface area contributed by atoms with Crippen LogP contribution in [0.3, 0.4) is 0 Å². The average molecular weight is 860 g/mol. The van der Waals surface area contributed by atoms with Gasteiger partial charge in [0, 0.05) is 23.3 Å². The Morgan fingerprint density at radius 1 is 1.07 bits per heavy atom. The van der Waals surface area contributed by atoms with Crippen LogP contribution in [0.15, 0.2) is 30.4 Å². The molecule has 5 aliphatic rings. The minimum absolute atomic E-state index is 0.0336. The van der Waals surface area contributed by atoms with Gasteiger partial charge in [0.1, 0.15) is 34.7 Å². The normalized spacial score (nSPS) is 28.7. The van der Waals surface area contributed by atoms with Gasteiger partial charge >= 0.3 is 18.6 Å². The van der Waals surface area contributed by atoms with Crippen molar-refractivity contribution < 1.29 is 68.1 Å². The molecule has 0 radical (unpaired) electrons. The number of carbonyl (C=O) groups is 4. The highest BCUT2D eigenvalue weighted by Gasteiger charge is 2.64. The third-order valence-electron chi connectivity index (χ3n) is 11.8. The van der Waals surface area contributed by atoms with Crippen LogP contribution in [0.4, 0.5) is 31.1 Å². The van der Waals surface area contributed by atoms with E-state index in [1.807, 2.05) is 0 Å². The van der Waals surface area contributed by atoms with Crippen molar-refractivity contribution in [2.45, 2.75) is 125 Å². The van der Waals surface area contributed by atoms with Gasteiger partial charge < -0.3 is 29.7 Å². The molecular weight excluding hydrogens is 816 g/mol. The number of alkyl carbamates (subject to hydrolysis) is 1. The lowest BCUT2D eigenvalue weighted by atomic mass is 9.87. The molecule has 1 aromatic heterocycles. The number of fused-ring (bicyclic) bond motifs is 5. The number of pyridine rings is 1. The lowest BCUT2D eigenvalue weighted by Gasteiger charge is -2.36. The molecule has 5 atom stereocenters. The minimum Gasteiger partial charge on any atom is -0.483 e. The highest BCUT2D eigenvalue weighted by Crippen LogP contribution is 2.49. The first kappa shape index (κ1) is 42.3. The summed E-state index contributed by atoms with van der Waals surface area (Å²) in [5, 5.41) is 5.30. The summed E-state index contributed by atoms with van der Waals surface area (Å²) in [7, 11) is -4.12. The van der Waals surface area contributed by atoms with Gasteiger partial charge in [0.2, 0.25) is 21.8 Å². The van der Waals surface area contributed by atoms with Gasteiger partial charge in [-0.15, -0.1) is 13.2 Å². The molecule has 2 aromatic rings. The molecule has 3 fully saturated rings. The van der Waals surface area contributed by atoms with Crippen LogP contribution in [0.25, 0.3) is 10.9 Å². The first-order valence-electron chi connectivity index (χ1n) is 19.3. The van der Waals surface area contributed by atoms with Gasteiger partial charge in [-0.05, 0) is 83.4 Å². The average Bonchev–Trinajstić information content (AvgIpc) is 4.03. The molecule has 0 unspecified atom stereocenters. The largest absolute Gasteiger partial charge is 0.573 e. The van der Waals surface area contributed by atoms with Crippen LogP contribution >= 0.6 is 0 Å². The summed E-state index contributed by atoms with van der Waals surface area (Å²) in [6, 6.07) is 0.835. The maximum atomic E-state index is 14.5. The Labute approximate surface area is 334 Å². The molecule has 1 saturated heterocycles. The summed E-state index contributed by atoms with van der Waals surface area (Å²) in [5.41, 5.74) is -1.81. The summed E-state index contributed by atoms with van der Waals surface area (Å²) >= 11 is 0. The van der Waals surface area contributed by atoms with E-state index in [1.165, 1.54) is 19.1 Å². The van der Waals surface area contributed by atoms with Gasteiger partial charge in [-0.3, -0.25) is 19.1 Å². The van der Waals surface area contributed by atoms with Gasteiger partial charge in [0.25, 0.3) is 5.91 Å². The molecule has 7 rings (SSSR count). The fourth-order valence-electron chi connectivity index (χ4n) is 8.20. The molecule has 21 heteroatoms. The van der Waals surface area contributed by atoms with Crippen LogP contribution in [0.2, 0.25) is 0 Å². The first-order chi connectivity index (χ1) is 27.5. The Morgan fingerprint density at radius 3 is 2.51 bits per heavy atom. The molecule has 3 aliphatic heterocycles. The summed E-state index contributed by atoms with van der Waals surface area (Å²) < 4.78 is 120. The van der Waals surface area contributed by atoms with E-state index >= 15 is 0 Å². The molecule has 2 saturated carbocycles. The number of allylic oxidation sites excluding steroid dienone is 1.